The van der Waals surface area contributed by atoms with Crippen LogP contribution in [0.2, 0.25) is 0 Å². The molecule has 1 heterocycles. The smallest absolute Gasteiger partial charge is 0.237 e. The minimum atomic E-state index is -0.141. The highest BCUT2D eigenvalue weighted by Crippen LogP contribution is 2.17. The van der Waals surface area contributed by atoms with Crippen LogP contribution < -0.4 is 10.6 Å². The number of rotatable bonds is 4. The molecular formula is C10H16N2OS. The number of likely N-dealkylation sites (N-methyl/N-ethyl adjacent to an activating group) is 1. The molecule has 1 aromatic rings. The summed E-state index contributed by atoms with van der Waals surface area (Å²) in [6.07, 6.45) is 0. The Hall–Kier alpha value is -0.870. The Kier molecular flexibility index (Phi) is 4.10. The van der Waals surface area contributed by atoms with Gasteiger partial charge in [-0.25, -0.2) is 0 Å². The van der Waals surface area contributed by atoms with E-state index in [-0.39, 0.29) is 18.0 Å². The van der Waals surface area contributed by atoms with Crippen LogP contribution >= 0.6 is 11.3 Å². The summed E-state index contributed by atoms with van der Waals surface area (Å²) >= 11 is 1.66. The molecular weight excluding hydrogens is 196 g/mol. The Balaban J connectivity index is 2.49. The number of amides is 1. The van der Waals surface area contributed by atoms with E-state index in [9.17, 15) is 4.79 Å². The Morgan fingerprint density at radius 1 is 1.50 bits per heavy atom. The van der Waals surface area contributed by atoms with Crippen molar-refractivity contribution in [3.63, 3.8) is 0 Å². The average molecular weight is 212 g/mol. The Morgan fingerprint density at radius 2 is 2.21 bits per heavy atom. The lowest BCUT2D eigenvalue weighted by atomic mass is 10.2. The van der Waals surface area contributed by atoms with Gasteiger partial charge in [0.15, 0.2) is 0 Å². The first kappa shape index (κ1) is 11.2. The van der Waals surface area contributed by atoms with Crippen molar-refractivity contribution in [1.82, 2.24) is 10.6 Å². The molecule has 14 heavy (non-hydrogen) atoms. The first-order valence-corrected chi connectivity index (χ1v) is 5.54. The zero-order valence-electron chi connectivity index (χ0n) is 8.70. The maximum atomic E-state index is 11.5. The minimum absolute atomic E-state index is 0.0356. The third-order valence-electron chi connectivity index (χ3n) is 2.16. The normalized spacial score (nSPS) is 14.8. The van der Waals surface area contributed by atoms with Crippen LogP contribution in [-0.2, 0) is 4.79 Å². The standard InChI is InChI=1S/C10H16N2OS/c1-7(9-5-4-6-14-9)12-10(13)8(2)11-3/h4-8,11H,1-3H3,(H,12,13)/t7-,8?/m1/s1. The van der Waals surface area contributed by atoms with E-state index in [1.165, 1.54) is 4.88 Å². The van der Waals surface area contributed by atoms with Crippen molar-refractivity contribution in [2.75, 3.05) is 7.05 Å². The SMILES string of the molecule is CNC(C)C(=O)N[C@H](C)c1cccs1. The minimum Gasteiger partial charge on any atom is -0.347 e. The van der Waals surface area contributed by atoms with Crippen molar-refractivity contribution in [2.24, 2.45) is 0 Å². The second-order valence-corrected chi connectivity index (χ2v) is 4.24. The van der Waals surface area contributed by atoms with Gasteiger partial charge >= 0.3 is 0 Å². The van der Waals surface area contributed by atoms with Crippen molar-refractivity contribution >= 4 is 17.2 Å². The fourth-order valence-electron chi connectivity index (χ4n) is 1.08. The first-order chi connectivity index (χ1) is 6.65. The van der Waals surface area contributed by atoms with Gasteiger partial charge in [-0.1, -0.05) is 6.07 Å². The number of carbonyl (C=O) groups is 1. The third-order valence-corrected chi connectivity index (χ3v) is 3.21. The highest BCUT2D eigenvalue weighted by atomic mass is 32.1. The molecule has 1 rings (SSSR count). The molecule has 1 amide bonds. The van der Waals surface area contributed by atoms with E-state index in [0.29, 0.717) is 0 Å². The summed E-state index contributed by atoms with van der Waals surface area (Å²) in [6.45, 7) is 3.84. The van der Waals surface area contributed by atoms with Gasteiger partial charge in [-0.2, -0.15) is 0 Å². The van der Waals surface area contributed by atoms with E-state index in [0.717, 1.165) is 0 Å². The maximum Gasteiger partial charge on any atom is 0.237 e. The fraction of sp³-hybridized carbons (Fsp3) is 0.500. The van der Waals surface area contributed by atoms with Crippen LogP contribution in [0.25, 0.3) is 0 Å². The second-order valence-electron chi connectivity index (χ2n) is 3.26. The van der Waals surface area contributed by atoms with E-state index in [1.54, 1.807) is 18.4 Å². The molecule has 4 heteroatoms. The maximum absolute atomic E-state index is 11.5. The lowest BCUT2D eigenvalue weighted by Crippen LogP contribution is -2.41. The molecule has 0 radical (unpaired) electrons. The molecule has 2 N–H and O–H groups in total. The number of hydrogen-bond donors (Lipinski definition) is 2. The topological polar surface area (TPSA) is 41.1 Å². The molecule has 0 fully saturated rings. The summed E-state index contributed by atoms with van der Waals surface area (Å²) in [7, 11) is 1.78. The molecule has 2 atom stereocenters. The van der Waals surface area contributed by atoms with Gasteiger partial charge in [0, 0.05) is 4.88 Å². The van der Waals surface area contributed by atoms with Gasteiger partial charge < -0.3 is 10.6 Å². The molecule has 0 aliphatic carbocycles. The molecule has 0 bridgehead atoms. The van der Waals surface area contributed by atoms with Crippen LogP contribution in [0, 0.1) is 0 Å². The van der Waals surface area contributed by atoms with Gasteiger partial charge in [0.1, 0.15) is 0 Å². The summed E-state index contributed by atoms with van der Waals surface area (Å²) in [5, 5.41) is 7.86. The summed E-state index contributed by atoms with van der Waals surface area (Å²) < 4.78 is 0. The number of hydrogen-bond acceptors (Lipinski definition) is 3. The molecule has 1 aromatic heterocycles. The molecule has 78 valence electrons. The fourth-order valence-corrected chi connectivity index (χ4v) is 1.81. The van der Waals surface area contributed by atoms with Crippen LogP contribution in [0.5, 0.6) is 0 Å². The van der Waals surface area contributed by atoms with Crippen LogP contribution in [-0.4, -0.2) is 19.0 Å². The van der Waals surface area contributed by atoms with Gasteiger partial charge in [0.05, 0.1) is 12.1 Å². The molecule has 1 unspecified atom stereocenters. The molecule has 0 spiro atoms. The predicted octanol–water partition coefficient (Wildman–Crippen LogP) is 1.53. The monoisotopic (exact) mass is 212 g/mol. The van der Waals surface area contributed by atoms with Crippen molar-refractivity contribution in [3.8, 4) is 0 Å². The van der Waals surface area contributed by atoms with Crippen molar-refractivity contribution < 1.29 is 4.79 Å². The third kappa shape index (κ3) is 2.82. The van der Waals surface area contributed by atoms with Gasteiger partial charge in [0.2, 0.25) is 5.91 Å². The van der Waals surface area contributed by atoms with E-state index in [2.05, 4.69) is 10.6 Å². The summed E-state index contributed by atoms with van der Waals surface area (Å²) in [5.74, 6) is 0.0356. The van der Waals surface area contributed by atoms with E-state index >= 15 is 0 Å². The van der Waals surface area contributed by atoms with Crippen LogP contribution in [0.1, 0.15) is 24.8 Å². The highest BCUT2D eigenvalue weighted by Gasteiger charge is 2.14. The number of thiophene rings is 1. The van der Waals surface area contributed by atoms with Crippen molar-refractivity contribution in [1.29, 1.82) is 0 Å². The quantitative estimate of drug-likeness (QED) is 0.794. The van der Waals surface area contributed by atoms with Gasteiger partial charge in [-0.3, -0.25) is 4.79 Å². The van der Waals surface area contributed by atoms with Crippen LogP contribution in [0.3, 0.4) is 0 Å². The molecule has 0 saturated carbocycles. The molecule has 0 aliphatic heterocycles. The number of carbonyl (C=O) groups excluding carboxylic acids is 1. The zero-order chi connectivity index (χ0) is 10.6. The zero-order valence-corrected chi connectivity index (χ0v) is 9.52. The molecule has 3 nitrogen and oxygen atoms in total. The highest BCUT2D eigenvalue weighted by molar-refractivity contribution is 7.10. The predicted molar refractivity (Wildman–Crippen MR) is 59.4 cm³/mol. The summed E-state index contributed by atoms with van der Waals surface area (Å²) in [4.78, 5) is 12.7. The second kappa shape index (κ2) is 5.12. The van der Waals surface area contributed by atoms with Crippen molar-refractivity contribution in [2.45, 2.75) is 25.9 Å². The average Bonchev–Trinajstić information content (AvgIpc) is 2.69. The largest absolute Gasteiger partial charge is 0.347 e. The van der Waals surface area contributed by atoms with E-state index < -0.39 is 0 Å². The summed E-state index contributed by atoms with van der Waals surface area (Å²) in [6, 6.07) is 3.97. The molecule has 0 aliphatic rings. The Morgan fingerprint density at radius 3 is 2.71 bits per heavy atom. The first-order valence-electron chi connectivity index (χ1n) is 4.66. The lowest BCUT2D eigenvalue weighted by molar-refractivity contribution is -0.123. The Bertz CT molecular complexity index is 284. The van der Waals surface area contributed by atoms with Crippen LogP contribution in [0.15, 0.2) is 17.5 Å². The number of nitrogens with one attached hydrogen (secondary N) is 2. The van der Waals surface area contributed by atoms with Gasteiger partial charge in [-0.15, -0.1) is 11.3 Å². The van der Waals surface area contributed by atoms with Crippen LogP contribution in [0.4, 0.5) is 0 Å². The van der Waals surface area contributed by atoms with Gasteiger partial charge in [0.25, 0.3) is 0 Å². The molecule has 0 saturated heterocycles. The lowest BCUT2D eigenvalue weighted by Gasteiger charge is -2.15. The van der Waals surface area contributed by atoms with E-state index in [1.807, 2.05) is 31.4 Å². The van der Waals surface area contributed by atoms with Crippen molar-refractivity contribution in [3.05, 3.63) is 22.4 Å². The molecule has 0 aromatic carbocycles. The summed E-state index contributed by atoms with van der Waals surface area (Å²) in [5.41, 5.74) is 0. The van der Waals surface area contributed by atoms with E-state index in [4.69, 9.17) is 0 Å². The Labute approximate surface area is 88.5 Å². The van der Waals surface area contributed by atoms with Gasteiger partial charge in [-0.05, 0) is 32.3 Å².